The van der Waals surface area contributed by atoms with Crippen molar-refractivity contribution < 1.29 is 4.74 Å². The van der Waals surface area contributed by atoms with Crippen LogP contribution in [-0.4, -0.2) is 51.3 Å². The monoisotopic (exact) mass is 200 g/mol. The maximum Gasteiger partial charge on any atom is 0.0572 e. The van der Waals surface area contributed by atoms with Crippen molar-refractivity contribution in [3.05, 3.63) is 0 Å². The maximum absolute atomic E-state index is 5.35. The van der Waals surface area contributed by atoms with Crippen molar-refractivity contribution in [3.63, 3.8) is 0 Å². The summed E-state index contributed by atoms with van der Waals surface area (Å²) < 4.78 is 5.35. The van der Waals surface area contributed by atoms with Gasteiger partial charge in [0.15, 0.2) is 0 Å². The third-order valence-electron chi connectivity index (χ3n) is 3.00. The van der Waals surface area contributed by atoms with Crippen LogP contribution in [-0.2, 0) is 4.74 Å². The molecule has 0 amide bonds. The van der Waals surface area contributed by atoms with Gasteiger partial charge in [-0.1, -0.05) is 0 Å². The average molecular weight is 200 g/mol. The Bertz CT molecular complexity index is 142. The van der Waals surface area contributed by atoms with Crippen molar-refractivity contribution in [2.45, 2.75) is 37.8 Å². The molecule has 0 heterocycles. The molecule has 0 aromatic heterocycles. The highest BCUT2D eigenvalue weighted by atomic mass is 16.5. The van der Waals surface area contributed by atoms with Gasteiger partial charge in [0.05, 0.1) is 6.10 Å². The Hall–Kier alpha value is -0.120. The van der Waals surface area contributed by atoms with Crippen LogP contribution in [0.4, 0.5) is 0 Å². The van der Waals surface area contributed by atoms with Gasteiger partial charge in [-0.15, -0.1) is 0 Å². The summed E-state index contributed by atoms with van der Waals surface area (Å²) in [6.45, 7) is 2.24. The Morgan fingerprint density at radius 1 is 1.21 bits per heavy atom. The highest BCUT2D eigenvalue weighted by Gasteiger charge is 2.19. The number of rotatable bonds is 5. The van der Waals surface area contributed by atoms with Gasteiger partial charge in [-0.25, -0.2) is 0 Å². The lowest BCUT2D eigenvalue weighted by atomic mass is 9.93. The minimum absolute atomic E-state index is 0.516. The molecule has 0 bridgehead atoms. The van der Waals surface area contributed by atoms with E-state index in [2.05, 4.69) is 24.3 Å². The van der Waals surface area contributed by atoms with Crippen LogP contribution in [0.5, 0.6) is 0 Å². The quantitative estimate of drug-likeness (QED) is 0.719. The molecule has 0 spiro atoms. The number of ether oxygens (including phenoxy) is 1. The minimum Gasteiger partial charge on any atom is -0.381 e. The van der Waals surface area contributed by atoms with E-state index in [1.165, 1.54) is 25.7 Å². The standard InChI is InChI=1S/C11H24N2O/c1-13(2)9-8-12-10-4-6-11(14-3)7-5-10/h10-12H,4-9H2,1-3H3. The number of hydrogen-bond acceptors (Lipinski definition) is 3. The summed E-state index contributed by atoms with van der Waals surface area (Å²) in [5, 5.41) is 3.60. The zero-order valence-corrected chi connectivity index (χ0v) is 9.75. The fraction of sp³-hybridized carbons (Fsp3) is 1.00. The summed E-state index contributed by atoms with van der Waals surface area (Å²) in [5.74, 6) is 0. The SMILES string of the molecule is COC1CCC(NCCN(C)C)CC1. The van der Waals surface area contributed by atoms with Crippen LogP contribution in [0.3, 0.4) is 0 Å². The van der Waals surface area contributed by atoms with E-state index in [0.29, 0.717) is 6.10 Å². The van der Waals surface area contributed by atoms with E-state index in [4.69, 9.17) is 4.74 Å². The number of nitrogens with zero attached hydrogens (tertiary/aromatic N) is 1. The van der Waals surface area contributed by atoms with E-state index < -0.39 is 0 Å². The first-order valence-electron chi connectivity index (χ1n) is 5.63. The molecule has 84 valence electrons. The van der Waals surface area contributed by atoms with Crippen LogP contribution >= 0.6 is 0 Å². The fourth-order valence-corrected chi connectivity index (χ4v) is 1.99. The molecule has 1 aliphatic carbocycles. The van der Waals surface area contributed by atoms with E-state index in [9.17, 15) is 0 Å². The van der Waals surface area contributed by atoms with Crippen LogP contribution in [0, 0.1) is 0 Å². The lowest BCUT2D eigenvalue weighted by Gasteiger charge is -2.28. The van der Waals surface area contributed by atoms with E-state index >= 15 is 0 Å². The van der Waals surface area contributed by atoms with Gasteiger partial charge < -0.3 is 15.0 Å². The zero-order valence-electron chi connectivity index (χ0n) is 9.75. The Balaban J connectivity index is 2.04. The average Bonchev–Trinajstić information content (AvgIpc) is 2.18. The van der Waals surface area contributed by atoms with Gasteiger partial charge in [-0.2, -0.15) is 0 Å². The summed E-state index contributed by atoms with van der Waals surface area (Å²) >= 11 is 0. The third kappa shape index (κ3) is 4.40. The molecule has 1 rings (SSSR count). The molecule has 3 heteroatoms. The summed E-state index contributed by atoms with van der Waals surface area (Å²) in [4.78, 5) is 2.22. The van der Waals surface area contributed by atoms with Crippen molar-refractivity contribution in [2.75, 3.05) is 34.3 Å². The van der Waals surface area contributed by atoms with Crippen LogP contribution in [0.25, 0.3) is 0 Å². The summed E-state index contributed by atoms with van der Waals surface area (Å²) in [6, 6.07) is 0.723. The van der Waals surface area contributed by atoms with Gasteiger partial charge in [-0.05, 0) is 39.8 Å². The Labute approximate surface area is 87.8 Å². The second-order valence-electron chi connectivity index (χ2n) is 4.47. The van der Waals surface area contributed by atoms with Crippen molar-refractivity contribution in [1.82, 2.24) is 10.2 Å². The molecule has 1 saturated carbocycles. The second-order valence-corrected chi connectivity index (χ2v) is 4.47. The Kier molecular flexibility index (Phi) is 5.45. The van der Waals surface area contributed by atoms with E-state index in [-0.39, 0.29) is 0 Å². The first-order valence-corrected chi connectivity index (χ1v) is 5.63. The van der Waals surface area contributed by atoms with Gasteiger partial charge in [0, 0.05) is 26.2 Å². The molecule has 0 saturated heterocycles. The van der Waals surface area contributed by atoms with Crippen LogP contribution in [0.15, 0.2) is 0 Å². The molecule has 0 atom stereocenters. The first kappa shape index (κ1) is 12.0. The zero-order chi connectivity index (χ0) is 10.4. The second kappa shape index (κ2) is 6.38. The summed E-state index contributed by atoms with van der Waals surface area (Å²) in [6.07, 6.45) is 5.49. The van der Waals surface area contributed by atoms with Gasteiger partial charge >= 0.3 is 0 Å². The molecule has 0 aliphatic heterocycles. The normalized spacial score (nSPS) is 28.3. The molecule has 0 radical (unpaired) electrons. The summed E-state index contributed by atoms with van der Waals surface area (Å²) in [7, 11) is 6.05. The van der Waals surface area contributed by atoms with Gasteiger partial charge in [0.25, 0.3) is 0 Å². The molecular formula is C11H24N2O. The summed E-state index contributed by atoms with van der Waals surface area (Å²) in [5.41, 5.74) is 0. The van der Waals surface area contributed by atoms with Crippen LogP contribution in [0.2, 0.25) is 0 Å². The maximum atomic E-state index is 5.35. The van der Waals surface area contributed by atoms with E-state index in [0.717, 1.165) is 19.1 Å². The van der Waals surface area contributed by atoms with Crippen molar-refractivity contribution in [3.8, 4) is 0 Å². The van der Waals surface area contributed by atoms with E-state index in [1.54, 1.807) is 0 Å². The van der Waals surface area contributed by atoms with E-state index in [1.807, 2.05) is 7.11 Å². The predicted molar refractivity (Wildman–Crippen MR) is 59.6 cm³/mol. The third-order valence-corrected chi connectivity index (χ3v) is 3.00. The number of hydrogen-bond donors (Lipinski definition) is 1. The van der Waals surface area contributed by atoms with Crippen LogP contribution in [0.1, 0.15) is 25.7 Å². The molecule has 1 N–H and O–H groups in total. The smallest absolute Gasteiger partial charge is 0.0572 e. The highest BCUT2D eigenvalue weighted by molar-refractivity contribution is 4.77. The van der Waals surface area contributed by atoms with Gasteiger partial charge in [0.2, 0.25) is 0 Å². The number of methoxy groups -OCH3 is 1. The van der Waals surface area contributed by atoms with Crippen molar-refractivity contribution >= 4 is 0 Å². The lowest BCUT2D eigenvalue weighted by Crippen LogP contribution is -2.38. The highest BCUT2D eigenvalue weighted by Crippen LogP contribution is 2.20. The van der Waals surface area contributed by atoms with Crippen molar-refractivity contribution in [1.29, 1.82) is 0 Å². The molecule has 1 fully saturated rings. The first-order chi connectivity index (χ1) is 6.72. The predicted octanol–water partition coefficient (Wildman–Crippen LogP) is 1.10. The Morgan fingerprint density at radius 2 is 1.86 bits per heavy atom. The number of likely N-dealkylation sites (N-methyl/N-ethyl adjacent to an activating group) is 1. The Morgan fingerprint density at radius 3 is 2.36 bits per heavy atom. The molecule has 14 heavy (non-hydrogen) atoms. The molecular weight excluding hydrogens is 176 g/mol. The molecule has 0 aromatic rings. The van der Waals surface area contributed by atoms with Gasteiger partial charge in [0.1, 0.15) is 0 Å². The lowest BCUT2D eigenvalue weighted by molar-refractivity contribution is 0.0624. The minimum atomic E-state index is 0.516. The molecule has 3 nitrogen and oxygen atoms in total. The van der Waals surface area contributed by atoms with Gasteiger partial charge in [-0.3, -0.25) is 0 Å². The van der Waals surface area contributed by atoms with Crippen molar-refractivity contribution in [2.24, 2.45) is 0 Å². The molecule has 0 unspecified atom stereocenters. The molecule has 0 aromatic carbocycles. The topological polar surface area (TPSA) is 24.5 Å². The van der Waals surface area contributed by atoms with Crippen LogP contribution < -0.4 is 5.32 Å². The molecule has 1 aliphatic rings. The fourth-order valence-electron chi connectivity index (χ4n) is 1.99. The largest absolute Gasteiger partial charge is 0.381 e. The number of nitrogens with one attached hydrogen (secondary N) is 1.